The minimum atomic E-state index is -1.25. The van der Waals surface area contributed by atoms with Crippen molar-refractivity contribution in [3.05, 3.63) is 35.4 Å². The first kappa shape index (κ1) is 10.2. The molecule has 1 nitrogen and oxygen atoms in total. The van der Waals surface area contributed by atoms with Gasteiger partial charge in [0.2, 0.25) is 0 Å². The molecule has 1 aromatic carbocycles. The molecule has 0 bridgehead atoms. The molecule has 1 N–H and O–H groups in total. The standard InChI is InChI=1S/C11H15FO/c1-8(2)9-4-3-5-10(6-9)11(12)7-13/h3-6,8,11,13H,7H2,1-2H3. The van der Waals surface area contributed by atoms with E-state index < -0.39 is 12.8 Å². The summed E-state index contributed by atoms with van der Waals surface area (Å²) in [5, 5.41) is 8.64. The first-order valence-corrected chi connectivity index (χ1v) is 4.50. The van der Waals surface area contributed by atoms with Crippen molar-refractivity contribution < 1.29 is 9.50 Å². The summed E-state index contributed by atoms with van der Waals surface area (Å²) in [5.74, 6) is 0.394. The molecule has 0 aliphatic carbocycles. The molecule has 1 aromatic rings. The molecule has 0 fully saturated rings. The van der Waals surface area contributed by atoms with E-state index in [0.29, 0.717) is 11.5 Å². The first-order chi connectivity index (χ1) is 6.15. The van der Waals surface area contributed by atoms with Crippen LogP contribution in [0.25, 0.3) is 0 Å². The average molecular weight is 182 g/mol. The number of hydrogen-bond donors (Lipinski definition) is 1. The molecule has 13 heavy (non-hydrogen) atoms. The van der Waals surface area contributed by atoms with Gasteiger partial charge < -0.3 is 5.11 Å². The number of alkyl halides is 1. The van der Waals surface area contributed by atoms with Crippen LogP contribution in [0.3, 0.4) is 0 Å². The molecule has 2 heteroatoms. The topological polar surface area (TPSA) is 20.2 Å². The lowest BCUT2D eigenvalue weighted by Crippen LogP contribution is -1.98. The third-order valence-corrected chi connectivity index (χ3v) is 2.10. The monoisotopic (exact) mass is 182 g/mol. The van der Waals surface area contributed by atoms with Gasteiger partial charge in [-0.15, -0.1) is 0 Å². The van der Waals surface area contributed by atoms with E-state index >= 15 is 0 Å². The zero-order valence-corrected chi connectivity index (χ0v) is 8.00. The van der Waals surface area contributed by atoms with E-state index in [-0.39, 0.29) is 0 Å². The Morgan fingerprint density at radius 2 is 1.92 bits per heavy atom. The molecule has 0 amide bonds. The number of benzene rings is 1. The molecule has 0 radical (unpaired) electrons. The highest BCUT2D eigenvalue weighted by molar-refractivity contribution is 5.27. The largest absolute Gasteiger partial charge is 0.393 e. The number of hydrogen-bond acceptors (Lipinski definition) is 1. The molecule has 1 unspecified atom stereocenters. The van der Waals surface area contributed by atoms with Gasteiger partial charge in [0.05, 0.1) is 6.61 Å². The Labute approximate surface area is 78.2 Å². The van der Waals surface area contributed by atoms with Crippen LogP contribution in [0.15, 0.2) is 24.3 Å². The van der Waals surface area contributed by atoms with Crippen LogP contribution in [0.1, 0.15) is 37.1 Å². The molecular formula is C11H15FO. The molecule has 0 saturated heterocycles. The summed E-state index contributed by atoms with van der Waals surface area (Å²) in [5.41, 5.74) is 1.67. The van der Waals surface area contributed by atoms with Crippen molar-refractivity contribution in [1.29, 1.82) is 0 Å². The maximum atomic E-state index is 13.1. The van der Waals surface area contributed by atoms with E-state index in [2.05, 4.69) is 13.8 Å². The SMILES string of the molecule is CC(C)c1cccc(C(F)CO)c1. The second kappa shape index (κ2) is 4.38. The quantitative estimate of drug-likeness (QED) is 0.762. The predicted molar refractivity (Wildman–Crippen MR) is 51.5 cm³/mol. The molecule has 1 atom stereocenters. The summed E-state index contributed by atoms with van der Waals surface area (Å²) in [6.07, 6.45) is -1.25. The Kier molecular flexibility index (Phi) is 3.43. The van der Waals surface area contributed by atoms with E-state index in [1.165, 1.54) is 0 Å². The van der Waals surface area contributed by atoms with Crippen LogP contribution < -0.4 is 0 Å². The predicted octanol–water partition coefficient (Wildman–Crippen LogP) is 2.81. The Bertz CT molecular complexity index is 271. The van der Waals surface area contributed by atoms with Gasteiger partial charge in [0.25, 0.3) is 0 Å². The zero-order chi connectivity index (χ0) is 9.84. The molecule has 0 aliphatic rings. The fourth-order valence-electron chi connectivity index (χ4n) is 1.22. The molecule has 1 rings (SSSR count). The normalized spacial score (nSPS) is 13.3. The van der Waals surface area contributed by atoms with Crippen molar-refractivity contribution >= 4 is 0 Å². The van der Waals surface area contributed by atoms with Crippen LogP contribution in [0.5, 0.6) is 0 Å². The lowest BCUT2D eigenvalue weighted by molar-refractivity contribution is 0.180. The van der Waals surface area contributed by atoms with Gasteiger partial charge in [0.15, 0.2) is 0 Å². The molecule has 0 heterocycles. The van der Waals surface area contributed by atoms with Crippen LogP contribution in [0.2, 0.25) is 0 Å². The van der Waals surface area contributed by atoms with Crippen LogP contribution in [0.4, 0.5) is 4.39 Å². The van der Waals surface area contributed by atoms with Gasteiger partial charge in [-0.3, -0.25) is 0 Å². The van der Waals surface area contributed by atoms with Crippen molar-refractivity contribution in [3.63, 3.8) is 0 Å². The summed E-state index contributed by atoms with van der Waals surface area (Å²) >= 11 is 0. The molecular weight excluding hydrogens is 167 g/mol. The fraction of sp³-hybridized carbons (Fsp3) is 0.455. The van der Waals surface area contributed by atoms with E-state index in [1.807, 2.05) is 18.2 Å². The molecule has 0 aromatic heterocycles. The van der Waals surface area contributed by atoms with Gasteiger partial charge in [-0.25, -0.2) is 4.39 Å². The fourth-order valence-corrected chi connectivity index (χ4v) is 1.22. The highest BCUT2D eigenvalue weighted by Gasteiger charge is 2.08. The van der Waals surface area contributed by atoms with E-state index in [9.17, 15) is 4.39 Å². The third-order valence-electron chi connectivity index (χ3n) is 2.10. The number of aliphatic hydroxyl groups is 1. The number of halogens is 1. The summed E-state index contributed by atoms with van der Waals surface area (Å²) < 4.78 is 13.1. The van der Waals surface area contributed by atoms with E-state index in [1.54, 1.807) is 6.07 Å². The summed E-state index contributed by atoms with van der Waals surface area (Å²) in [7, 11) is 0. The third kappa shape index (κ3) is 2.52. The maximum Gasteiger partial charge on any atom is 0.148 e. The van der Waals surface area contributed by atoms with Crippen molar-refractivity contribution in [2.75, 3.05) is 6.61 Å². The average Bonchev–Trinajstić information content (AvgIpc) is 2.17. The van der Waals surface area contributed by atoms with Gasteiger partial charge in [-0.2, -0.15) is 0 Å². The molecule has 0 saturated carbocycles. The number of rotatable bonds is 3. The van der Waals surface area contributed by atoms with Crippen molar-refractivity contribution in [3.8, 4) is 0 Å². The Hall–Kier alpha value is -0.890. The van der Waals surface area contributed by atoms with Gasteiger partial charge in [0, 0.05) is 0 Å². The minimum Gasteiger partial charge on any atom is -0.393 e. The maximum absolute atomic E-state index is 13.1. The Balaban J connectivity index is 2.91. The van der Waals surface area contributed by atoms with Gasteiger partial charge >= 0.3 is 0 Å². The zero-order valence-electron chi connectivity index (χ0n) is 8.00. The summed E-state index contributed by atoms with van der Waals surface area (Å²) in [6.45, 7) is 3.68. The van der Waals surface area contributed by atoms with Gasteiger partial charge in [0.1, 0.15) is 6.17 Å². The van der Waals surface area contributed by atoms with Gasteiger partial charge in [-0.1, -0.05) is 38.1 Å². The first-order valence-electron chi connectivity index (χ1n) is 4.50. The minimum absolute atomic E-state index is 0.394. The summed E-state index contributed by atoms with van der Waals surface area (Å²) in [6, 6.07) is 7.31. The Morgan fingerprint density at radius 1 is 1.31 bits per heavy atom. The lowest BCUT2D eigenvalue weighted by Gasteiger charge is -2.09. The van der Waals surface area contributed by atoms with E-state index in [0.717, 1.165) is 5.56 Å². The highest BCUT2D eigenvalue weighted by Crippen LogP contribution is 2.21. The highest BCUT2D eigenvalue weighted by atomic mass is 19.1. The second-order valence-corrected chi connectivity index (χ2v) is 3.47. The lowest BCUT2D eigenvalue weighted by atomic mass is 9.99. The second-order valence-electron chi connectivity index (χ2n) is 3.47. The molecule has 72 valence electrons. The smallest absolute Gasteiger partial charge is 0.148 e. The van der Waals surface area contributed by atoms with Crippen LogP contribution in [-0.2, 0) is 0 Å². The van der Waals surface area contributed by atoms with Crippen LogP contribution in [-0.4, -0.2) is 11.7 Å². The van der Waals surface area contributed by atoms with Crippen LogP contribution in [0, 0.1) is 0 Å². The molecule has 0 spiro atoms. The Morgan fingerprint density at radius 3 is 2.46 bits per heavy atom. The summed E-state index contributed by atoms with van der Waals surface area (Å²) in [4.78, 5) is 0. The van der Waals surface area contributed by atoms with Crippen molar-refractivity contribution in [2.45, 2.75) is 25.9 Å². The number of aliphatic hydroxyl groups excluding tert-OH is 1. The van der Waals surface area contributed by atoms with Crippen molar-refractivity contribution in [2.24, 2.45) is 0 Å². The van der Waals surface area contributed by atoms with E-state index in [4.69, 9.17) is 5.11 Å². The molecule has 0 aliphatic heterocycles. The van der Waals surface area contributed by atoms with Crippen molar-refractivity contribution in [1.82, 2.24) is 0 Å². The van der Waals surface area contributed by atoms with Gasteiger partial charge in [-0.05, 0) is 17.0 Å². The van der Waals surface area contributed by atoms with Crippen LogP contribution >= 0.6 is 0 Å².